The molecule has 1 amide bonds. The van der Waals surface area contributed by atoms with Crippen LogP contribution in [-0.2, 0) is 6.42 Å². The monoisotopic (exact) mass is 530 g/mol. The lowest BCUT2D eigenvalue weighted by Gasteiger charge is -2.38. The van der Waals surface area contributed by atoms with E-state index < -0.39 is 11.4 Å². The van der Waals surface area contributed by atoms with E-state index in [1.807, 2.05) is 28.6 Å². The number of amides is 1. The van der Waals surface area contributed by atoms with Gasteiger partial charge in [0.15, 0.2) is 0 Å². The number of carbonyl (C=O) groups is 2. The second-order valence-electron chi connectivity index (χ2n) is 7.96. The van der Waals surface area contributed by atoms with Crippen molar-refractivity contribution < 1.29 is 19.8 Å². The number of benzene rings is 1. The van der Waals surface area contributed by atoms with E-state index in [9.17, 15) is 14.7 Å². The third kappa shape index (κ3) is 9.35. The number of carbonyl (C=O) groups excluding carboxylic acids is 1. The summed E-state index contributed by atoms with van der Waals surface area (Å²) in [6.07, 6.45) is 8.34. The van der Waals surface area contributed by atoms with Gasteiger partial charge in [0.1, 0.15) is 0 Å². The topological polar surface area (TPSA) is 81.1 Å². The van der Waals surface area contributed by atoms with Crippen LogP contribution in [0.1, 0.15) is 29.5 Å². The Balaban J connectivity index is 1.53. The molecule has 1 aromatic heterocycles. The Morgan fingerprint density at radius 2 is 2.06 bits per heavy atom. The van der Waals surface area contributed by atoms with Gasteiger partial charge in [-0.05, 0) is 69.4 Å². The van der Waals surface area contributed by atoms with Crippen LogP contribution in [0.4, 0.5) is 9.59 Å². The second kappa shape index (κ2) is 14.3. The molecule has 0 radical (unpaired) electrons. The molecule has 1 aromatic carbocycles. The highest BCUT2D eigenvalue weighted by Gasteiger charge is 2.27. The van der Waals surface area contributed by atoms with Crippen molar-refractivity contribution >= 4 is 57.6 Å². The molecular weight excluding hydrogens is 500 g/mol. The number of hydrogen-bond donors (Lipinski definition) is 2. The van der Waals surface area contributed by atoms with Gasteiger partial charge in [-0.15, -0.1) is 0 Å². The molecule has 2 N–H and O–H groups in total. The molecule has 1 aliphatic rings. The number of thiophene rings is 1. The number of allylic oxidation sites excluding steroid dienone is 2. The highest BCUT2D eigenvalue weighted by Crippen LogP contribution is 2.25. The average Bonchev–Trinajstić information content (AvgIpc) is 3.34. The maximum atomic E-state index is 12.5. The van der Waals surface area contributed by atoms with Crippen molar-refractivity contribution in [1.29, 1.82) is 0 Å². The predicted octanol–water partition coefficient (Wildman–Crippen LogP) is 6.47. The van der Waals surface area contributed by atoms with E-state index in [-0.39, 0.29) is 5.24 Å². The van der Waals surface area contributed by atoms with Crippen LogP contribution in [-0.4, -0.2) is 62.3 Å². The molecule has 186 valence electrons. The predicted molar refractivity (Wildman–Crippen MR) is 149 cm³/mol. The van der Waals surface area contributed by atoms with Gasteiger partial charge in [0.25, 0.3) is 5.24 Å². The quantitative estimate of drug-likeness (QED) is 0.304. The molecule has 1 fully saturated rings. The van der Waals surface area contributed by atoms with Crippen molar-refractivity contribution in [1.82, 2.24) is 10.0 Å². The fourth-order valence-electron chi connectivity index (χ4n) is 3.70. The number of carboxylic acid groups (broad SMARTS) is 1. The maximum Gasteiger partial charge on any atom is 0.369 e. The number of hydrogen-bond acceptors (Lipinski definition) is 7. The van der Waals surface area contributed by atoms with Crippen LogP contribution in [0.3, 0.4) is 0 Å². The van der Waals surface area contributed by atoms with E-state index in [0.717, 1.165) is 22.9 Å². The zero-order valence-corrected chi connectivity index (χ0v) is 21.9. The maximum absolute atomic E-state index is 12.5. The molecule has 9 heteroatoms. The molecule has 3 rings (SSSR count). The van der Waals surface area contributed by atoms with Gasteiger partial charge in [0, 0.05) is 25.4 Å². The van der Waals surface area contributed by atoms with Crippen molar-refractivity contribution in [2.45, 2.75) is 25.4 Å². The van der Waals surface area contributed by atoms with Crippen molar-refractivity contribution in [3.8, 4) is 0 Å². The van der Waals surface area contributed by atoms with Gasteiger partial charge < -0.3 is 10.2 Å². The molecule has 1 saturated heterocycles. The SMILES string of the molecule is C=C/C=C(/CCN1C(=O)SCCN1CCC(O)Cc1cccc(/C=C/c2ccsc2)c1)SC(=O)O. The smallest absolute Gasteiger partial charge is 0.369 e. The van der Waals surface area contributed by atoms with Gasteiger partial charge in [0.05, 0.1) is 6.10 Å². The average molecular weight is 531 g/mol. The summed E-state index contributed by atoms with van der Waals surface area (Å²) >= 11 is 3.67. The first-order valence-electron chi connectivity index (χ1n) is 11.3. The minimum Gasteiger partial charge on any atom is -0.473 e. The van der Waals surface area contributed by atoms with E-state index >= 15 is 0 Å². The standard InChI is InChI=1S/C26H30N2O4S3/c1-2-4-24(35-26(31)32)10-13-28-25(30)34-16-14-27(28)12-9-23(29)18-22-6-3-5-20(17-22)7-8-21-11-15-33-19-21/h2-8,11,15,17,19,23,29H,1,9-10,12-14,16,18H2,(H,31,32)/b8-7+,24-4-. The van der Waals surface area contributed by atoms with Crippen LogP contribution in [0.25, 0.3) is 12.2 Å². The number of aliphatic hydroxyl groups excluding tert-OH is 1. The summed E-state index contributed by atoms with van der Waals surface area (Å²) in [5.74, 6) is 0.698. The Bertz CT molecular complexity index is 1050. The van der Waals surface area contributed by atoms with Gasteiger partial charge in [-0.1, -0.05) is 66.9 Å². The second-order valence-corrected chi connectivity index (χ2v) is 10.9. The Morgan fingerprint density at radius 1 is 1.23 bits per heavy atom. The minimum absolute atomic E-state index is 0.0471. The lowest BCUT2D eigenvalue weighted by Crippen LogP contribution is -2.50. The van der Waals surface area contributed by atoms with E-state index in [4.69, 9.17) is 5.11 Å². The molecular formula is C26H30N2O4S3. The first-order chi connectivity index (χ1) is 16.9. The first kappa shape index (κ1) is 27.3. The zero-order valence-electron chi connectivity index (χ0n) is 19.4. The van der Waals surface area contributed by atoms with Crippen LogP contribution < -0.4 is 0 Å². The Labute approximate surface area is 219 Å². The van der Waals surface area contributed by atoms with Gasteiger partial charge in [-0.25, -0.2) is 9.80 Å². The normalized spacial score (nSPS) is 16.1. The van der Waals surface area contributed by atoms with Gasteiger partial charge >= 0.3 is 5.30 Å². The summed E-state index contributed by atoms with van der Waals surface area (Å²) < 4.78 is 0. The van der Waals surface area contributed by atoms with E-state index in [0.29, 0.717) is 49.6 Å². The molecule has 1 atom stereocenters. The summed E-state index contributed by atoms with van der Waals surface area (Å²) in [6.45, 7) is 5.28. The van der Waals surface area contributed by atoms with Crippen molar-refractivity contribution in [3.05, 3.63) is 81.4 Å². The first-order valence-corrected chi connectivity index (χ1v) is 14.1. The highest BCUT2D eigenvalue weighted by atomic mass is 32.2. The lowest BCUT2D eigenvalue weighted by atomic mass is 10.0. The van der Waals surface area contributed by atoms with Crippen LogP contribution in [0.5, 0.6) is 0 Å². The third-order valence-corrected chi connectivity index (χ3v) is 7.70. The Morgan fingerprint density at radius 3 is 2.80 bits per heavy atom. The van der Waals surface area contributed by atoms with Crippen LogP contribution in [0.15, 0.2) is 64.7 Å². The summed E-state index contributed by atoms with van der Waals surface area (Å²) in [7, 11) is 0. The van der Waals surface area contributed by atoms with Crippen LogP contribution in [0.2, 0.25) is 0 Å². The number of thioether (sulfide) groups is 2. The summed E-state index contributed by atoms with van der Waals surface area (Å²) in [5.41, 5.74) is 3.33. The van der Waals surface area contributed by atoms with Crippen LogP contribution >= 0.6 is 34.9 Å². The lowest BCUT2D eigenvalue weighted by molar-refractivity contribution is 0.0150. The minimum atomic E-state index is -0.983. The third-order valence-electron chi connectivity index (χ3n) is 5.37. The largest absolute Gasteiger partial charge is 0.473 e. The summed E-state index contributed by atoms with van der Waals surface area (Å²) in [6, 6.07) is 10.2. The van der Waals surface area contributed by atoms with E-state index in [1.165, 1.54) is 17.3 Å². The van der Waals surface area contributed by atoms with Crippen molar-refractivity contribution in [3.63, 3.8) is 0 Å². The Kier molecular flexibility index (Phi) is 11.2. The molecule has 2 heterocycles. The molecule has 0 aliphatic carbocycles. The fraction of sp³-hybridized carbons (Fsp3) is 0.308. The summed E-state index contributed by atoms with van der Waals surface area (Å²) in [5, 5.41) is 26.5. The zero-order chi connectivity index (χ0) is 25.0. The molecule has 2 aromatic rings. The number of aliphatic hydroxyl groups is 1. The van der Waals surface area contributed by atoms with E-state index in [2.05, 4.69) is 36.2 Å². The molecule has 6 nitrogen and oxygen atoms in total. The fourth-order valence-corrected chi connectivity index (χ4v) is 5.74. The molecule has 1 unspecified atom stereocenters. The number of rotatable bonds is 12. The van der Waals surface area contributed by atoms with Gasteiger partial charge in [0.2, 0.25) is 0 Å². The highest BCUT2D eigenvalue weighted by molar-refractivity contribution is 8.16. The molecule has 0 bridgehead atoms. The van der Waals surface area contributed by atoms with Gasteiger partial charge in [-0.2, -0.15) is 11.3 Å². The number of hydrazine groups is 1. The number of nitrogens with zero attached hydrogens (tertiary/aromatic N) is 2. The van der Waals surface area contributed by atoms with Crippen LogP contribution in [0, 0.1) is 0 Å². The Hall–Kier alpha value is -2.30. The molecule has 35 heavy (non-hydrogen) atoms. The van der Waals surface area contributed by atoms with Crippen molar-refractivity contribution in [2.24, 2.45) is 0 Å². The van der Waals surface area contributed by atoms with Gasteiger partial charge in [-0.3, -0.25) is 9.80 Å². The molecule has 1 aliphatic heterocycles. The van der Waals surface area contributed by atoms with Crippen molar-refractivity contribution in [2.75, 3.05) is 25.4 Å². The van der Waals surface area contributed by atoms with E-state index in [1.54, 1.807) is 28.5 Å². The molecule has 0 spiro atoms. The summed E-state index contributed by atoms with van der Waals surface area (Å²) in [4.78, 5) is 24.2. The molecule has 0 saturated carbocycles.